The number of carbonyl (C=O) groups is 1. The highest BCUT2D eigenvalue weighted by Gasteiger charge is 2.17. The molecule has 0 saturated heterocycles. The Morgan fingerprint density at radius 3 is 2.32 bits per heavy atom. The lowest BCUT2D eigenvalue weighted by Crippen LogP contribution is -2.23. The highest BCUT2D eigenvalue weighted by Crippen LogP contribution is 2.38. The van der Waals surface area contributed by atoms with Gasteiger partial charge >= 0.3 is 0 Å². The second-order valence-electron chi connectivity index (χ2n) is 5.80. The first-order chi connectivity index (χ1) is 12.0. The summed E-state index contributed by atoms with van der Waals surface area (Å²) >= 11 is 0. The molecule has 0 atom stereocenters. The number of nitrogens with one attached hydrogen (secondary N) is 1. The molecule has 0 fully saturated rings. The van der Waals surface area contributed by atoms with Gasteiger partial charge in [0.2, 0.25) is 11.6 Å². The fraction of sp³-hybridized carbons (Fsp3) is 0.471. The van der Waals surface area contributed by atoms with E-state index in [2.05, 4.69) is 29.3 Å². The van der Waals surface area contributed by atoms with Crippen LogP contribution in [0.3, 0.4) is 0 Å². The molecule has 0 unspecified atom stereocenters. The van der Waals surface area contributed by atoms with Gasteiger partial charge in [0.25, 0.3) is 5.91 Å². The number of rotatable bonds is 8. The van der Waals surface area contributed by atoms with Gasteiger partial charge in [-0.2, -0.15) is 4.98 Å². The van der Waals surface area contributed by atoms with E-state index in [1.807, 2.05) is 0 Å². The molecule has 0 aliphatic carbocycles. The van der Waals surface area contributed by atoms with Crippen LogP contribution in [-0.2, 0) is 13.0 Å². The molecule has 0 spiro atoms. The normalized spacial score (nSPS) is 10.6. The smallest absolute Gasteiger partial charge is 0.251 e. The van der Waals surface area contributed by atoms with Gasteiger partial charge < -0.3 is 24.1 Å². The van der Waals surface area contributed by atoms with Crippen molar-refractivity contribution in [1.29, 1.82) is 0 Å². The molecule has 0 radical (unpaired) electrons. The molecule has 1 heterocycles. The van der Waals surface area contributed by atoms with Gasteiger partial charge in [0.15, 0.2) is 17.3 Å². The third-order valence-corrected chi connectivity index (χ3v) is 3.43. The molecule has 0 saturated carbocycles. The molecule has 1 N–H and O–H groups in total. The van der Waals surface area contributed by atoms with E-state index in [0.717, 1.165) is 0 Å². The van der Waals surface area contributed by atoms with Crippen LogP contribution in [0.15, 0.2) is 16.7 Å². The summed E-state index contributed by atoms with van der Waals surface area (Å²) in [5.41, 5.74) is 0.375. The van der Waals surface area contributed by atoms with Crippen LogP contribution >= 0.6 is 0 Å². The minimum absolute atomic E-state index is 0.164. The van der Waals surface area contributed by atoms with E-state index in [1.165, 1.54) is 21.3 Å². The maximum atomic E-state index is 12.4. The van der Waals surface area contributed by atoms with E-state index in [1.54, 1.807) is 12.1 Å². The third-order valence-electron chi connectivity index (χ3n) is 3.43. The van der Waals surface area contributed by atoms with Crippen molar-refractivity contribution in [2.24, 2.45) is 5.92 Å². The van der Waals surface area contributed by atoms with Gasteiger partial charge in [-0.25, -0.2) is 0 Å². The molecular formula is C17H23N3O5. The Morgan fingerprint density at radius 1 is 1.16 bits per heavy atom. The average molecular weight is 349 g/mol. The molecule has 1 aromatic carbocycles. The molecular weight excluding hydrogens is 326 g/mol. The Hall–Kier alpha value is -2.77. The van der Waals surface area contributed by atoms with E-state index >= 15 is 0 Å². The maximum absolute atomic E-state index is 12.4. The number of nitrogens with zero attached hydrogens (tertiary/aromatic N) is 2. The van der Waals surface area contributed by atoms with Crippen molar-refractivity contribution in [2.75, 3.05) is 21.3 Å². The molecule has 2 rings (SSSR count). The Labute approximate surface area is 146 Å². The number of hydrogen-bond acceptors (Lipinski definition) is 7. The molecule has 0 bridgehead atoms. The lowest BCUT2D eigenvalue weighted by Gasteiger charge is -2.13. The summed E-state index contributed by atoms with van der Waals surface area (Å²) in [6.45, 7) is 4.29. The standard InChI is InChI=1S/C17H23N3O5/c1-10(2)6-15-19-14(20-25-15)9-18-17(21)11-7-12(22-3)16(24-5)13(8-11)23-4/h7-8,10H,6,9H2,1-5H3,(H,18,21). The van der Waals surface area contributed by atoms with Crippen LogP contribution < -0.4 is 19.5 Å². The first kappa shape index (κ1) is 18.6. The van der Waals surface area contributed by atoms with Crippen LogP contribution in [0.25, 0.3) is 0 Å². The predicted molar refractivity (Wildman–Crippen MR) is 90.1 cm³/mol. The quantitative estimate of drug-likeness (QED) is 0.780. The lowest BCUT2D eigenvalue weighted by atomic mass is 10.1. The molecule has 1 aromatic heterocycles. The Kier molecular flexibility index (Phi) is 6.21. The first-order valence-electron chi connectivity index (χ1n) is 7.88. The summed E-state index contributed by atoms with van der Waals surface area (Å²) in [7, 11) is 4.49. The van der Waals surface area contributed by atoms with Gasteiger partial charge in [0.1, 0.15) is 0 Å². The van der Waals surface area contributed by atoms with Crippen LogP contribution in [-0.4, -0.2) is 37.4 Å². The van der Waals surface area contributed by atoms with Gasteiger partial charge in [-0.05, 0) is 18.1 Å². The second kappa shape index (κ2) is 8.36. The molecule has 0 aliphatic heterocycles. The summed E-state index contributed by atoms with van der Waals surface area (Å²) in [6, 6.07) is 3.16. The average Bonchev–Trinajstić information content (AvgIpc) is 3.04. The number of hydrogen-bond donors (Lipinski definition) is 1. The molecule has 1 amide bonds. The predicted octanol–water partition coefficient (Wildman–Crippen LogP) is 2.22. The van der Waals surface area contributed by atoms with Crippen molar-refractivity contribution in [3.05, 3.63) is 29.4 Å². The zero-order valence-corrected chi connectivity index (χ0v) is 15.1. The topological polar surface area (TPSA) is 95.7 Å². The summed E-state index contributed by atoms with van der Waals surface area (Å²) in [5, 5.41) is 6.61. The van der Waals surface area contributed by atoms with Gasteiger partial charge in [-0.3, -0.25) is 4.79 Å². The lowest BCUT2D eigenvalue weighted by molar-refractivity contribution is 0.0949. The maximum Gasteiger partial charge on any atom is 0.251 e. The summed E-state index contributed by atoms with van der Waals surface area (Å²) < 4.78 is 20.9. The molecule has 0 aliphatic rings. The molecule has 8 heteroatoms. The Bertz CT molecular complexity index is 702. The highest BCUT2D eigenvalue weighted by atomic mass is 16.5. The van der Waals surface area contributed by atoms with Crippen molar-refractivity contribution in [3.63, 3.8) is 0 Å². The van der Waals surface area contributed by atoms with Crippen LogP contribution in [0.1, 0.15) is 35.9 Å². The molecule has 25 heavy (non-hydrogen) atoms. The van der Waals surface area contributed by atoms with Gasteiger partial charge in [0, 0.05) is 12.0 Å². The van der Waals surface area contributed by atoms with Crippen LogP contribution in [0, 0.1) is 5.92 Å². The van der Waals surface area contributed by atoms with E-state index in [4.69, 9.17) is 18.7 Å². The SMILES string of the molecule is COc1cc(C(=O)NCc2noc(CC(C)C)n2)cc(OC)c1OC. The minimum Gasteiger partial charge on any atom is -0.493 e. The largest absolute Gasteiger partial charge is 0.493 e. The van der Waals surface area contributed by atoms with E-state index in [0.29, 0.717) is 46.9 Å². The second-order valence-corrected chi connectivity index (χ2v) is 5.80. The summed E-state index contributed by atoms with van der Waals surface area (Å²) in [4.78, 5) is 16.6. The van der Waals surface area contributed by atoms with Crippen molar-refractivity contribution in [1.82, 2.24) is 15.5 Å². The van der Waals surface area contributed by atoms with Gasteiger partial charge in [-0.1, -0.05) is 19.0 Å². The summed E-state index contributed by atoms with van der Waals surface area (Å²) in [5.74, 6) is 2.34. The Morgan fingerprint density at radius 2 is 1.80 bits per heavy atom. The number of ether oxygens (including phenoxy) is 3. The molecule has 136 valence electrons. The van der Waals surface area contributed by atoms with Crippen molar-refractivity contribution in [3.8, 4) is 17.2 Å². The number of amides is 1. The van der Waals surface area contributed by atoms with Gasteiger partial charge in [-0.15, -0.1) is 0 Å². The van der Waals surface area contributed by atoms with E-state index in [9.17, 15) is 4.79 Å². The highest BCUT2D eigenvalue weighted by molar-refractivity contribution is 5.95. The van der Waals surface area contributed by atoms with E-state index in [-0.39, 0.29) is 12.5 Å². The Balaban J connectivity index is 2.09. The van der Waals surface area contributed by atoms with Crippen LogP contribution in [0.5, 0.6) is 17.2 Å². The third kappa shape index (κ3) is 4.62. The van der Waals surface area contributed by atoms with Crippen LogP contribution in [0.2, 0.25) is 0 Å². The minimum atomic E-state index is -0.311. The fourth-order valence-corrected chi connectivity index (χ4v) is 2.27. The van der Waals surface area contributed by atoms with Gasteiger partial charge in [0.05, 0.1) is 27.9 Å². The monoisotopic (exact) mass is 349 g/mol. The van der Waals surface area contributed by atoms with Crippen LogP contribution in [0.4, 0.5) is 0 Å². The number of benzene rings is 1. The number of methoxy groups -OCH3 is 3. The van der Waals surface area contributed by atoms with E-state index < -0.39 is 0 Å². The van der Waals surface area contributed by atoms with Crippen molar-refractivity contribution >= 4 is 5.91 Å². The molecule has 8 nitrogen and oxygen atoms in total. The van der Waals surface area contributed by atoms with Crippen molar-refractivity contribution in [2.45, 2.75) is 26.8 Å². The number of aromatic nitrogens is 2. The summed E-state index contributed by atoms with van der Waals surface area (Å²) in [6.07, 6.45) is 0.702. The van der Waals surface area contributed by atoms with Crippen molar-refractivity contribution < 1.29 is 23.5 Å². The fourth-order valence-electron chi connectivity index (χ4n) is 2.27. The zero-order valence-electron chi connectivity index (χ0n) is 15.1. The molecule has 2 aromatic rings. The number of carbonyl (C=O) groups excluding carboxylic acids is 1. The first-order valence-corrected chi connectivity index (χ1v) is 7.88. The zero-order chi connectivity index (χ0) is 18.4.